The van der Waals surface area contributed by atoms with Crippen molar-refractivity contribution < 1.29 is 9.84 Å². The summed E-state index contributed by atoms with van der Waals surface area (Å²) in [4.78, 5) is 0. The molecule has 1 aromatic carbocycles. The first-order chi connectivity index (χ1) is 8.58. The van der Waals surface area contributed by atoms with Crippen LogP contribution in [0, 0.1) is 0 Å². The molecule has 0 aliphatic heterocycles. The lowest BCUT2D eigenvalue weighted by atomic mass is 10.2. The Balaban J connectivity index is 2.97. The number of benzene rings is 1. The minimum absolute atomic E-state index is 0.0807. The highest BCUT2D eigenvalue weighted by Gasteiger charge is 2.08. The molecule has 5 nitrogen and oxygen atoms in total. The minimum Gasteiger partial charge on any atom is -0.503 e. The van der Waals surface area contributed by atoms with Gasteiger partial charge in [-0.25, -0.2) is 0 Å². The Morgan fingerprint density at radius 1 is 1.61 bits per heavy atom. The van der Waals surface area contributed by atoms with E-state index in [1.807, 2.05) is 6.92 Å². The molecule has 98 valence electrons. The molecule has 7 heteroatoms. The maximum absolute atomic E-state index is 9.65. The van der Waals surface area contributed by atoms with Gasteiger partial charge in [-0.15, -0.1) is 5.10 Å². The van der Waals surface area contributed by atoms with E-state index in [-0.39, 0.29) is 10.8 Å². The fourth-order valence-corrected chi connectivity index (χ4v) is 1.48. The zero-order valence-electron chi connectivity index (χ0n) is 10.1. The molecule has 18 heavy (non-hydrogen) atoms. The Labute approximate surface area is 115 Å². The highest BCUT2D eigenvalue weighted by atomic mass is 35.5. The molecule has 0 saturated carbocycles. The Bertz CT molecular complexity index is 478. The van der Waals surface area contributed by atoms with Gasteiger partial charge in [-0.1, -0.05) is 23.4 Å². The second-order valence-corrected chi connectivity index (χ2v) is 4.40. The molecule has 3 N–H and O–H groups in total. The second kappa shape index (κ2) is 7.13. The smallest absolute Gasteiger partial charge is 0.180 e. The van der Waals surface area contributed by atoms with Crippen molar-refractivity contribution >= 4 is 34.7 Å². The van der Waals surface area contributed by atoms with Crippen LogP contribution in [0.3, 0.4) is 0 Å². The van der Waals surface area contributed by atoms with Crippen LogP contribution in [-0.4, -0.2) is 29.4 Å². The van der Waals surface area contributed by atoms with Gasteiger partial charge in [0.25, 0.3) is 0 Å². The molecule has 0 aliphatic rings. The number of phenols is 1. The van der Waals surface area contributed by atoms with E-state index in [2.05, 4.69) is 10.2 Å². The van der Waals surface area contributed by atoms with Crippen molar-refractivity contribution in [3.63, 3.8) is 0 Å². The first-order valence-corrected chi connectivity index (χ1v) is 6.74. The summed E-state index contributed by atoms with van der Waals surface area (Å²) in [6, 6.07) is 3.19. The van der Waals surface area contributed by atoms with E-state index in [1.165, 1.54) is 18.0 Å². The number of hydrogen-bond acceptors (Lipinski definition) is 5. The van der Waals surface area contributed by atoms with Gasteiger partial charge < -0.3 is 15.6 Å². The number of hydrogen-bond donors (Lipinski definition) is 2. The van der Waals surface area contributed by atoms with Crippen molar-refractivity contribution in [2.45, 2.75) is 6.92 Å². The number of ether oxygens (including phenoxy) is 1. The van der Waals surface area contributed by atoms with Crippen molar-refractivity contribution in [2.24, 2.45) is 15.9 Å². The van der Waals surface area contributed by atoms with E-state index < -0.39 is 0 Å². The van der Waals surface area contributed by atoms with Crippen LogP contribution in [0.25, 0.3) is 0 Å². The van der Waals surface area contributed by atoms with Gasteiger partial charge >= 0.3 is 0 Å². The zero-order chi connectivity index (χ0) is 13.5. The first kappa shape index (κ1) is 14.7. The molecular formula is C11H14ClN3O2S. The van der Waals surface area contributed by atoms with Crippen LogP contribution in [0.1, 0.15) is 12.5 Å². The third kappa shape index (κ3) is 4.12. The summed E-state index contributed by atoms with van der Waals surface area (Å²) in [5.41, 5.74) is 6.14. The van der Waals surface area contributed by atoms with Crippen LogP contribution in [0.4, 0.5) is 0 Å². The molecule has 1 aromatic rings. The second-order valence-electron chi connectivity index (χ2n) is 3.17. The number of aromatic hydroxyl groups is 1. The van der Waals surface area contributed by atoms with Gasteiger partial charge in [-0.2, -0.15) is 5.10 Å². The molecule has 0 radical (unpaired) electrons. The van der Waals surface area contributed by atoms with E-state index in [0.717, 1.165) is 0 Å². The third-order valence-electron chi connectivity index (χ3n) is 1.92. The molecule has 0 aliphatic carbocycles. The van der Waals surface area contributed by atoms with E-state index >= 15 is 0 Å². The highest BCUT2D eigenvalue weighted by Crippen LogP contribution is 2.34. The quantitative estimate of drug-likeness (QED) is 0.506. The maximum Gasteiger partial charge on any atom is 0.180 e. The fourth-order valence-electron chi connectivity index (χ4n) is 1.13. The Hall–Kier alpha value is -1.40. The predicted octanol–water partition coefficient (Wildman–Crippen LogP) is 2.46. The molecule has 0 atom stereocenters. The number of nitrogens with zero attached hydrogens (tertiary/aromatic N) is 2. The number of rotatable bonds is 4. The molecule has 0 amide bonds. The predicted molar refractivity (Wildman–Crippen MR) is 77.0 cm³/mol. The van der Waals surface area contributed by atoms with Gasteiger partial charge in [0.2, 0.25) is 0 Å². The van der Waals surface area contributed by atoms with Crippen molar-refractivity contribution in [1.82, 2.24) is 0 Å². The zero-order valence-corrected chi connectivity index (χ0v) is 11.6. The van der Waals surface area contributed by atoms with E-state index in [9.17, 15) is 5.11 Å². The van der Waals surface area contributed by atoms with E-state index in [4.69, 9.17) is 22.1 Å². The SMILES string of the molecule is CCOc1cc(/C=N\N=C(/N)SC)cc(Cl)c1O. The first-order valence-electron chi connectivity index (χ1n) is 5.14. The fraction of sp³-hybridized carbons (Fsp3) is 0.273. The summed E-state index contributed by atoms with van der Waals surface area (Å²) in [5.74, 6) is 0.232. The molecular weight excluding hydrogens is 274 g/mol. The molecule has 0 fully saturated rings. The molecule has 0 bridgehead atoms. The molecule has 0 aromatic heterocycles. The van der Waals surface area contributed by atoms with Gasteiger partial charge in [0, 0.05) is 5.56 Å². The number of thioether (sulfide) groups is 1. The summed E-state index contributed by atoms with van der Waals surface area (Å²) in [6.45, 7) is 2.25. The van der Waals surface area contributed by atoms with Crippen LogP contribution in [0.15, 0.2) is 22.3 Å². The summed E-state index contributed by atoms with van der Waals surface area (Å²) in [5, 5.41) is 17.8. The Kier molecular flexibility index (Phi) is 5.80. The number of nitrogens with two attached hydrogens (primary N) is 1. The lowest BCUT2D eigenvalue weighted by Gasteiger charge is -2.07. The summed E-state index contributed by atoms with van der Waals surface area (Å²) in [7, 11) is 0. The summed E-state index contributed by atoms with van der Waals surface area (Å²) >= 11 is 7.17. The molecule has 0 saturated heterocycles. The van der Waals surface area contributed by atoms with Gasteiger partial charge in [0.1, 0.15) is 0 Å². The summed E-state index contributed by atoms with van der Waals surface area (Å²) in [6.07, 6.45) is 3.29. The molecule has 0 unspecified atom stereocenters. The number of phenolic OH excluding ortho intramolecular Hbond substituents is 1. The largest absolute Gasteiger partial charge is 0.503 e. The average molecular weight is 288 g/mol. The molecule has 0 heterocycles. The average Bonchev–Trinajstić information content (AvgIpc) is 2.35. The monoisotopic (exact) mass is 287 g/mol. The molecule has 0 spiro atoms. The van der Waals surface area contributed by atoms with Crippen molar-refractivity contribution in [3.8, 4) is 11.5 Å². The van der Waals surface area contributed by atoms with Gasteiger partial charge in [-0.05, 0) is 25.3 Å². The standard InChI is InChI=1S/C11H14ClN3O2S/c1-3-17-9-5-7(4-8(12)10(9)16)6-14-15-11(13)18-2/h4-6,16H,3H2,1-2H3,(H2,13,15)/b14-6-. The van der Waals surface area contributed by atoms with Crippen molar-refractivity contribution in [1.29, 1.82) is 0 Å². The topological polar surface area (TPSA) is 80.2 Å². The lowest BCUT2D eigenvalue weighted by molar-refractivity contribution is 0.318. The molecule has 1 rings (SSSR count). The normalized spacial score (nSPS) is 12.1. The summed E-state index contributed by atoms with van der Waals surface area (Å²) < 4.78 is 5.25. The van der Waals surface area contributed by atoms with Crippen LogP contribution >= 0.6 is 23.4 Å². The van der Waals surface area contributed by atoms with Crippen LogP contribution < -0.4 is 10.5 Å². The van der Waals surface area contributed by atoms with Gasteiger partial charge in [-0.3, -0.25) is 0 Å². The third-order valence-corrected chi connectivity index (χ3v) is 2.71. The van der Waals surface area contributed by atoms with Gasteiger partial charge in [0.05, 0.1) is 17.8 Å². The van der Waals surface area contributed by atoms with Crippen LogP contribution in [0.5, 0.6) is 11.5 Å². The number of halogens is 1. The van der Waals surface area contributed by atoms with Crippen molar-refractivity contribution in [2.75, 3.05) is 12.9 Å². The van der Waals surface area contributed by atoms with Crippen molar-refractivity contribution in [3.05, 3.63) is 22.7 Å². The van der Waals surface area contributed by atoms with Crippen LogP contribution in [0.2, 0.25) is 5.02 Å². The Morgan fingerprint density at radius 3 is 2.94 bits per heavy atom. The van der Waals surface area contributed by atoms with Gasteiger partial charge in [0.15, 0.2) is 16.7 Å². The van der Waals surface area contributed by atoms with E-state index in [1.54, 1.807) is 18.4 Å². The minimum atomic E-state index is -0.0807. The Morgan fingerprint density at radius 2 is 2.33 bits per heavy atom. The van der Waals surface area contributed by atoms with Crippen LogP contribution in [-0.2, 0) is 0 Å². The number of amidine groups is 1. The van der Waals surface area contributed by atoms with E-state index in [0.29, 0.717) is 23.1 Å². The lowest BCUT2D eigenvalue weighted by Crippen LogP contribution is -2.03. The highest BCUT2D eigenvalue weighted by molar-refractivity contribution is 8.13. The maximum atomic E-state index is 9.65.